The molecule has 0 spiro atoms. The second-order valence-electron chi connectivity index (χ2n) is 5.31. The summed E-state index contributed by atoms with van der Waals surface area (Å²) in [6.07, 6.45) is 6.96. The van der Waals surface area contributed by atoms with Crippen LogP contribution in [0.5, 0.6) is 0 Å². The number of hydrogen-bond donors (Lipinski definition) is 1. The summed E-state index contributed by atoms with van der Waals surface area (Å²) in [5.41, 5.74) is 6.03. The molecular weight excluding hydrogens is 250 g/mol. The van der Waals surface area contributed by atoms with Crippen LogP contribution in [0.15, 0.2) is 0 Å². The molecule has 0 aromatic carbocycles. The molecule has 0 aromatic rings. The summed E-state index contributed by atoms with van der Waals surface area (Å²) in [5, 5.41) is 0. The summed E-state index contributed by atoms with van der Waals surface area (Å²) in [6, 6.07) is -0.0464. The van der Waals surface area contributed by atoms with Crippen molar-refractivity contribution in [1.82, 2.24) is 0 Å². The molecule has 0 aromatic heterocycles. The maximum atomic E-state index is 11.4. The summed E-state index contributed by atoms with van der Waals surface area (Å²) in [7, 11) is -1.14. The lowest BCUT2D eigenvalue weighted by molar-refractivity contribution is -0.0601. The van der Waals surface area contributed by atoms with Crippen LogP contribution in [0.3, 0.4) is 0 Å². The lowest BCUT2D eigenvalue weighted by atomic mass is 9.78. The lowest BCUT2D eigenvalue weighted by Crippen LogP contribution is -2.50. The molecule has 0 bridgehead atoms. The van der Waals surface area contributed by atoms with Crippen molar-refractivity contribution in [3.8, 4) is 0 Å². The van der Waals surface area contributed by atoms with E-state index >= 15 is 0 Å². The molecule has 108 valence electrons. The Hall–Kier alpha value is -0.130. The van der Waals surface area contributed by atoms with Crippen LogP contribution in [0, 0.1) is 0 Å². The van der Waals surface area contributed by atoms with E-state index in [2.05, 4.69) is 0 Å². The molecule has 1 unspecified atom stereocenters. The van der Waals surface area contributed by atoms with Gasteiger partial charge in [0.15, 0.2) is 0 Å². The second-order valence-corrected chi connectivity index (χ2v) is 7.79. The molecule has 1 saturated carbocycles. The first-order valence-electron chi connectivity index (χ1n) is 6.97. The number of ether oxygens (including phenoxy) is 1. The predicted molar refractivity (Wildman–Crippen MR) is 74.4 cm³/mol. The average molecular weight is 277 g/mol. The van der Waals surface area contributed by atoms with Gasteiger partial charge in [-0.2, -0.15) is 0 Å². The first-order chi connectivity index (χ1) is 8.46. The van der Waals surface area contributed by atoms with Crippen molar-refractivity contribution in [1.29, 1.82) is 0 Å². The Morgan fingerprint density at radius 1 is 1.28 bits per heavy atom. The Morgan fingerprint density at radius 3 is 2.39 bits per heavy atom. The fraction of sp³-hybridized carbons (Fsp3) is 1.00. The number of nitrogens with two attached hydrogens (primary N) is 1. The van der Waals surface area contributed by atoms with Gasteiger partial charge >= 0.3 is 0 Å². The summed E-state index contributed by atoms with van der Waals surface area (Å²) in [4.78, 5) is 0. The Balaban J connectivity index is 2.45. The summed E-state index contributed by atoms with van der Waals surface area (Å²) in [5.74, 6) is 0.467. The van der Waals surface area contributed by atoms with Gasteiger partial charge < -0.3 is 10.5 Å². The van der Waals surface area contributed by atoms with Gasteiger partial charge in [-0.15, -0.1) is 0 Å². The van der Waals surface area contributed by atoms with Gasteiger partial charge in [0.05, 0.1) is 11.4 Å². The zero-order chi connectivity index (χ0) is 13.6. The van der Waals surface area contributed by atoms with Crippen LogP contribution in [-0.2, 0) is 14.6 Å². The van der Waals surface area contributed by atoms with Crippen molar-refractivity contribution in [2.75, 3.05) is 18.6 Å². The van der Waals surface area contributed by atoms with Gasteiger partial charge in [0.25, 0.3) is 0 Å². The zero-order valence-corrected chi connectivity index (χ0v) is 12.5. The van der Waals surface area contributed by atoms with Crippen LogP contribution in [0.2, 0.25) is 0 Å². The molecule has 0 amide bonds. The van der Waals surface area contributed by atoms with Crippen molar-refractivity contribution in [3.05, 3.63) is 0 Å². The van der Waals surface area contributed by atoms with Crippen LogP contribution in [0.1, 0.15) is 51.9 Å². The minimum atomic E-state index is -2.87. The molecule has 0 saturated heterocycles. The minimum Gasteiger partial charge on any atom is -0.377 e. The van der Waals surface area contributed by atoms with Crippen molar-refractivity contribution in [3.63, 3.8) is 0 Å². The highest BCUT2D eigenvalue weighted by atomic mass is 32.2. The van der Waals surface area contributed by atoms with Gasteiger partial charge in [-0.3, -0.25) is 0 Å². The van der Waals surface area contributed by atoms with Gasteiger partial charge in [-0.05, 0) is 25.7 Å². The van der Waals surface area contributed by atoms with Crippen LogP contribution < -0.4 is 5.73 Å². The van der Waals surface area contributed by atoms with Crippen LogP contribution in [-0.4, -0.2) is 38.7 Å². The van der Waals surface area contributed by atoms with E-state index in [0.717, 1.165) is 32.1 Å². The topological polar surface area (TPSA) is 69.4 Å². The van der Waals surface area contributed by atoms with Gasteiger partial charge in [-0.25, -0.2) is 8.42 Å². The third kappa shape index (κ3) is 4.21. The van der Waals surface area contributed by atoms with E-state index in [0.29, 0.717) is 6.42 Å². The van der Waals surface area contributed by atoms with Gasteiger partial charge in [-0.1, -0.05) is 26.2 Å². The summed E-state index contributed by atoms with van der Waals surface area (Å²) < 4.78 is 28.5. The van der Waals surface area contributed by atoms with Gasteiger partial charge in [0.1, 0.15) is 9.84 Å². The summed E-state index contributed by atoms with van der Waals surface area (Å²) in [6.45, 7) is 1.69. The number of rotatable bonds is 7. The molecular formula is C13H27NO3S. The molecule has 2 N–H and O–H groups in total. The van der Waals surface area contributed by atoms with E-state index < -0.39 is 9.84 Å². The Kier molecular flexibility index (Phi) is 6.08. The van der Waals surface area contributed by atoms with Crippen molar-refractivity contribution < 1.29 is 13.2 Å². The molecule has 1 fully saturated rings. The number of sulfone groups is 1. The Labute approximate surface area is 111 Å². The molecule has 0 radical (unpaired) electrons. The first kappa shape index (κ1) is 15.9. The minimum absolute atomic E-state index is 0.0464. The molecule has 0 aliphatic heterocycles. The van der Waals surface area contributed by atoms with Gasteiger partial charge in [0, 0.05) is 18.9 Å². The Morgan fingerprint density at radius 2 is 1.89 bits per heavy atom. The molecule has 4 nitrogen and oxygen atoms in total. The third-order valence-electron chi connectivity index (χ3n) is 4.19. The molecule has 18 heavy (non-hydrogen) atoms. The lowest BCUT2D eigenvalue weighted by Gasteiger charge is -2.40. The first-order valence-corrected chi connectivity index (χ1v) is 8.79. The maximum Gasteiger partial charge on any atom is 0.150 e. The van der Waals surface area contributed by atoms with Crippen LogP contribution in [0.25, 0.3) is 0 Å². The molecule has 1 aliphatic carbocycles. The zero-order valence-electron chi connectivity index (χ0n) is 11.7. The summed E-state index contributed by atoms with van der Waals surface area (Å²) >= 11 is 0. The van der Waals surface area contributed by atoms with E-state index in [1.165, 1.54) is 6.42 Å². The van der Waals surface area contributed by atoms with Crippen molar-refractivity contribution >= 4 is 9.84 Å². The van der Waals surface area contributed by atoms with E-state index in [1.54, 1.807) is 14.0 Å². The highest BCUT2D eigenvalue weighted by Gasteiger charge is 2.37. The highest BCUT2D eigenvalue weighted by Crippen LogP contribution is 2.34. The average Bonchev–Trinajstić information content (AvgIpc) is 2.39. The normalized spacial score (nSPS) is 21.7. The standard InChI is InChI=1S/C13H27NO3S/c1-3-18(15,16)11-7-8-12(14)13(17-2)9-5-4-6-10-13/h12H,3-11,14H2,1-2H3. The van der Waals surface area contributed by atoms with Gasteiger partial charge in [0.2, 0.25) is 0 Å². The fourth-order valence-electron chi connectivity index (χ4n) is 2.81. The van der Waals surface area contributed by atoms with E-state index in [4.69, 9.17) is 10.5 Å². The fourth-order valence-corrected chi connectivity index (χ4v) is 3.70. The van der Waals surface area contributed by atoms with Crippen LogP contribution in [0.4, 0.5) is 0 Å². The smallest absolute Gasteiger partial charge is 0.150 e. The monoisotopic (exact) mass is 277 g/mol. The second kappa shape index (κ2) is 6.87. The van der Waals surface area contributed by atoms with E-state index in [-0.39, 0.29) is 23.1 Å². The van der Waals surface area contributed by atoms with Crippen molar-refractivity contribution in [2.45, 2.75) is 63.5 Å². The SMILES string of the molecule is CCS(=O)(=O)CCCC(N)C1(OC)CCCCC1. The largest absolute Gasteiger partial charge is 0.377 e. The number of hydrogen-bond acceptors (Lipinski definition) is 4. The van der Waals surface area contributed by atoms with E-state index in [9.17, 15) is 8.42 Å². The molecule has 1 aliphatic rings. The van der Waals surface area contributed by atoms with E-state index in [1.807, 2.05) is 0 Å². The maximum absolute atomic E-state index is 11.4. The molecule has 0 heterocycles. The van der Waals surface area contributed by atoms with Crippen molar-refractivity contribution in [2.24, 2.45) is 5.73 Å². The van der Waals surface area contributed by atoms with Crippen LogP contribution >= 0.6 is 0 Å². The molecule has 1 rings (SSSR count). The molecule has 1 atom stereocenters. The molecule has 5 heteroatoms. The third-order valence-corrected chi connectivity index (χ3v) is 5.98. The quantitative estimate of drug-likeness (QED) is 0.771. The number of methoxy groups -OCH3 is 1. The Bertz CT molecular complexity index is 334. The highest BCUT2D eigenvalue weighted by molar-refractivity contribution is 7.91. The predicted octanol–water partition coefficient (Wildman–Crippen LogP) is 1.88.